The van der Waals surface area contributed by atoms with Crippen molar-refractivity contribution < 1.29 is 23.8 Å². The zero-order valence-corrected chi connectivity index (χ0v) is 25.7. The van der Waals surface area contributed by atoms with E-state index in [-0.39, 0.29) is 42.4 Å². The van der Waals surface area contributed by atoms with Gasteiger partial charge in [-0.05, 0) is 69.6 Å². The van der Waals surface area contributed by atoms with Gasteiger partial charge in [0.1, 0.15) is 6.04 Å². The minimum absolute atomic E-state index is 0.0109. The van der Waals surface area contributed by atoms with Crippen molar-refractivity contribution >= 4 is 30.9 Å². The molecule has 4 N–H and O–H groups in total. The first-order valence-electron chi connectivity index (χ1n) is 14.5. The zero-order chi connectivity index (χ0) is 30.3. The maximum atomic E-state index is 13.6. The Morgan fingerprint density at radius 1 is 0.902 bits per heavy atom. The number of amides is 4. The molecule has 10 heteroatoms. The molecule has 41 heavy (non-hydrogen) atoms. The summed E-state index contributed by atoms with van der Waals surface area (Å²) < 4.78 is 13.4. The average molecular weight is 587 g/mol. The fraction of sp³-hybridized carbons (Fsp3) is 0.516. The van der Waals surface area contributed by atoms with Crippen molar-refractivity contribution in [3.8, 4) is 0 Å². The Kier molecular flexibility index (Phi) is 14.6. The summed E-state index contributed by atoms with van der Waals surface area (Å²) >= 11 is 0. The van der Waals surface area contributed by atoms with Gasteiger partial charge in [-0.1, -0.05) is 62.4 Å². The molecular formula is C31H47N4O5P. The minimum atomic E-state index is -3.80. The molecule has 4 amide bonds. The number of para-hydroxylation sites is 1. The lowest BCUT2D eigenvalue weighted by Gasteiger charge is -2.33. The Labute approximate surface area is 244 Å². The van der Waals surface area contributed by atoms with Gasteiger partial charge in [0.2, 0.25) is 19.2 Å². The first-order valence-corrected chi connectivity index (χ1v) is 16.5. The Morgan fingerprint density at radius 2 is 1.54 bits per heavy atom. The summed E-state index contributed by atoms with van der Waals surface area (Å²) in [6, 6.07) is 17.7. The predicted octanol–water partition coefficient (Wildman–Crippen LogP) is 5.61. The molecule has 0 aromatic heterocycles. The van der Waals surface area contributed by atoms with Crippen molar-refractivity contribution in [1.29, 1.82) is 0 Å². The lowest BCUT2D eigenvalue weighted by atomic mass is 10.0. The van der Waals surface area contributed by atoms with E-state index in [9.17, 15) is 23.8 Å². The number of aryl methyl sites for hydroxylation is 1. The smallest absolute Gasteiger partial charge is 0.314 e. The molecule has 1 unspecified atom stereocenters. The second-order valence-electron chi connectivity index (χ2n) is 11.2. The third-order valence-electron chi connectivity index (χ3n) is 6.45. The van der Waals surface area contributed by atoms with Gasteiger partial charge >= 0.3 is 6.03 Å². The molecule has 2 atom stereocenters. The number of unbranched alkanes of at least 4 members (excludes halogenated alkanes) is 1. The molecule has 0 aliphatic carbocycles. The van der Waals surface area contributed by atoms with Gasteiger partial charge in [-0.3, -0.25) is 14.2 Å². The van der Waals surface area contributed by atoms with Crippen LogP contribution in [0.5, 0.6) is 0 Å². The molecule has 0 radical (unpaired) electrons. The molecule has 2 rings (SSSR count). The molecule has 2 aromatic rings. The van der Waals surface area contributed by atoms with E-state index in [0.717, 1.165) is 5.56 Å². The van der Waals surface area contributed by atoms with Gasteiger partial charge in [-0.15, -0.1) is 0 Å². The van der Waals surface area contributed by atoms with Crippen molar-refractivity contribution in [3.63, 3.8) is 0 Å². The van der Waals surface area contributed by atoms with Crippen LogP contribution in [0.1, 0.15) is 65.4 Å². The van der Waals surface area contributed by atoms with Crippen molar-refractivity contribution in [3.05, 3.63) is 66.2 Å². The van der Waals surface area contributed by atoms with E-state index in [0.29, 0.717) is 44.3 Å². The standard InChI is InChI=1S/C31H47N4O5P/c1-24(2)22-28(30(37)34-27-17-9-6-10-18-27)35(29(36)19-13-16-26-14-7-5-8-15-26)23-41(39,40)21-12-11-20-32-31(38)33-25(3)4/h5-10,14-15,17-18,24-25,28H,11-13,16,19-23H2,1-4H3,(H,34,37)(H,39,40)(H2,32,33,38)/t28-/m0/s1. The number of benzene rings is 2. The fourth-order valence-corrected chi connectivity index (χ4v) is 6.15. The van der Waals surface area contributed by atoms with Gasteiger partial charge in [0.25, 0.3) is 0 Å². The van der Waals surface area contributed by atoms with Crippen LogP contribution in [-0.2, 0) is 20.6 Å². The van der Waals surface area contributed by atoms with Crippen molar-refractivity contribution in [2.75, 3.05) is 24.3 Å². The molecule has 0 spiro atoms. The largest absolute Gasteiger partial charge is 0.343 e. The maximum absolute atomic E-state index is 13.6. The second kappa shape index (κ2) is 17.6. The summed E-state index contributed by atoms with van der Waals surface area (Å²) in [5.74, 6) is -0.611. The molecule has 2 aromatic carbocycles. The van der Waals surface area contributed by atoms with E-state index in [1.165, 1.54) is 4.90 Å². The van der Waals surface area contributed by atoms with Crippen LogP contribution < -0.4 is 16.0 Å². The van der Waals surface area contributed by atoms with Crippen LogP contribution in [0.4, 0.5) is 10.5 Å². The second-order valence-corrected chi connectivity index (χ2v) is 13.6. The van der Waals surface area contributed by atoms with Crippen LogP contribution in [0.25, 0.3) is 0 Å². The summed E-state index contributed by atoms with van der Waals surface area (Å²) in [6.45, 7) is 8.02. The number of rotatable bonds is 17. The van der Waals surface area contributed by atoms with Crippen molar-refractivity contribution in [2.45, 2.75) is 78.3 Å². The molecule has 226 valence electrons. The number of hydrogen-bond acceptors (Lipinski definition) is 4. The van der Waals surface area contributed by atoms with Gasteiger partial charge < -0.3 is 25.7 Å². The average Bonchev–Trinajstić information content (AvgIpc) is 2.91. The van der Waals surface area contributed by atoms with Crippen LogP contribution in [-0.4, -0.2) is 58.7 Å². The maximum Gasteiger partial charge on any atom is 0.314 e. The molecule has 0 aliphatic heterocycles. The number of urea groups is 1. The molecular weight excluding hydrogens is 539 g/mol. The van der Waals surface area contributed by atoms with Crippen molar-refractivity contribution in [1.82, 2.24) is 15.5 Å². The summed E-state index contributed by atoms with van der Waals surface area (Å²) in [6.07, 6.45) is 2.30. The van der Waals surface area contributed by atoms with E-state index in [2.05, 4.69) is 16.0 Å². The number of carbonyl (C=O) groups is 3. The molecule has 9 nitrogen and oxygen atoms in total. The number of nitrogens with one attached hydrogen (secondary N) is 3. The summed E-state index contributed by atoms with van der Waals surface area (Å²) in [7, 11) is -3.80. The number of anilines is 1. The first-order chi connectivity index (χ1) is 19.5. The third-order valence-corrected chi connectivity index (χ3v) is 8.21. The monoisotopic (exact) mass is 586 g/mol. The van der Waals surface area contributed by atoms with Crippen LogP contribution in [0, 0.1) is 5.92 Å². The van der Waals surface area contributed by atoms with E-state index in [4.69, 9.17) is 0 Å². The normalized spacial score (nSPS) is 13.3. The number of carbonyl (C=O) groups excluding carboxylic acids is 3. The summed E-state index contributed by atoms with van der Waals surface area (Å²) in [5, 5.41) is 8.35. The molecule has 0 aliphatic rings. The van der Waals surface area contributed by atoms with Gasteiger partial charge in [0, 0.05) is 30.9 Å². The number of hydrogen-bond donors (Lipinski definition) is 4. The fourth-order valence-electron chi connectivity index (χ4n) is 4.46. The van der Waals surface area contributed by atoms with E-state index in [1.54, 1.807) is 12.1 Å². The van der Waals surface area contributed by atoms with Gasteiger partial charge in [0.05, 0.1) is 6.29 Å². The third kappa shape index (κ3) is 13.8. The van der Waals surface area contributed by atoms with Gasteiger partial charge in [0.15, 0.2) is 0 Å². The SMILES string of the molecule is CC(C)C[C@@H](C(=O)Nc1ccccc1)N(CP(=O)(O)CCCCNC(=O)NC(C)C)C(=O)CCCc1ccccc1. The Hall–Kier alpha value is -3.16. The highest BCUT2D eigenvalue weighted by molar-refractivity contribution is 7.57. The van der Waals surface area contributed by atoms with Gasteiger partial charge in [-0.25, -0.2) is 4.79 Å². The number of nitrogens with zero attached hydrogens (tertiary/aromatic N) is 1. The zero-order valence-electron chi connectivity index (χ0n) is 24.8. The highest BCUT2D eigenvalue weighted by atomic mass is 31.2. The predicted molar refractivity (Wildman–Crippen MR) is 165 cm³/mol. The topological polar surface area (TPSA) is 128 Å². The molecule has 0 heterocycles. The lowest BCUT2D eigenvalue weighted by molar-refractivity contribution is -0.138. The van der Waals surface area contributed by atoms with Crippen LogP contribution >= 0.6 is 7.37 Å². The van der Waals surface area contributed by atoms with Crippen LogP contribution in [0.2, 0.25) is 0 Å². The highest BCUT2D eigenvalue weighted by Crippen LogP contribution is 2.43. The molecule has 0 bridgehead atoms. The summed E-state index contributed by atoms with van der Waals surface area (Å²) in [5.41, 5.74) is 1.71. The Morgan fingerprint density at radius 3 is 2.15 bits per heavy atom. The molecule has 0 fully saturated rings. The van der Waals surface area contributed by atoms with E-state index in [1.807, 2.05) is 76.2 Å². The lowest BCUT2D eigenvalue weighted by Crippen LogP contribution is -2.48. The Bertz CT molecular complexity index is 1130. The molecule has 0 saturated carbocycles. The quantitative estimate of drug-likeness (QED) is 0.142. The van der Waals surface area contributed by atoms with Crippen molar-refractivity contribution in [2.24, 2.45) is 5.92 Å². The van der Waals surface area contributed by atoms with E-state index < -0.39 is 19.7 Å². The first kappa shape index (κ1) is 34.0. The molecule has 0 saturated heterocycles. The minimum Gasteiger partial charge on any atom is -0.343 e. The van der Waals surface area contributed by atoms with Crippen LogP contribution in [0.15, 0.2) is 60.7 Å². The Balaban J connectivity index is 2.13. The van der Waals surface area contributed by atoms with Crippen LogP contribution in [0.3, 0.4) is 0 Å². The van der Waals surface area contributed by atoms with Gasteiger partial charge in [-0.2, -0.15) is 0 Å². The highest BCUT2D eigenvalue weighted by Gasteiger charge is 2.35. The summed E-state index contributed by atoms with van der Waals surface area (Å²) in [4.78, 5) is 51.1. The van der Waals surface area contributed by atoms with E-state index >= 15 is 0 Å².